The quantitative estimate of drug-likeness (QED) is 0.499. The van der Waals surface area contributed by atoms with Crippen LogP contribution in [0.5, 0.6) is 5.75 Å². The molecule has 0 aliphatic heterocycles. The fraction of sp³-hybridized carbons (Fsp3) is 0.227. The van der Waals surface area contributed by atoms with E-state index in [1.807, 2.05) is 30.3 Å². The Kier molecular flexibility index (Phi) is 7.42. The van der Waals surface area contributed by atoms with Crippen molar-refractivity contribution in [2.45, 2.75) is 16.6 Å². The molecule has 0 aliphatic rings. The minimum Gasteiger partial charge on any atom is -0.497 e. The molecule has 1 aromatic heterocycles. The zero-order valence-corrected chi connectivity index (χ0v) is 18.6. The summed E-state index contributed by atoms with van der Waals surface area (Å²) in [7, 11) is -6.09. The topological polar surface area (TPSA) is 102 Å². The minimum atomic E-state index is -3.89. The number of nitrogens with zero attached hydrogens (tertiary/aromatic N) is 1. The first kappa shape index (κ1) is 22.9. The van der Waals surface area contributed by atoms with Gasteiger partial charge in [-0.1, -0.05) is 36.4 Å². The summed E-state index contributed by atoms with van der Waals surface area (Å²) in [5, 5.41) is -1.12. The van der Waals surface area contributed by atoms with E-state index in [-0.39, 0.29) is 17.2 Å². The van der Waals surface area contributed by atoms with Crippen LogP contribution in [0, 0.1) is 0 Å². The number of aromatic nitrogens is 1. The lowest BCUT2D eigenvalue weighted by Crippen LogP contribution is -2.34. The molecule has 9 heteroatoms. The number of sulfonamides is 1. The van der Waals surface area contributed by atoms with Gasteiger partial charge in [-0.25, -0.2) is 21.6 Å². The molecule has 0 saturated carbocycles. The van der Waals surface area contributed by atoms with Crippen molar-refractivity contribution in [2.75, 3.05) is 19.4 Å². The molecule has 7 nitrogen and oxygen atoms in total. The maximum absolute atomic E-state index is 13.3. The van der Waals surface area contributed by atoms with Gasteiger partial charge in [-0.3, -0.25) is 4.98 Å². The zero-order chi connectivity index (χ0) is 22.3. The largest absolute Gasteiger partial charge is 0.497 e. The third-order valence-electron chi connectivity index (χ3n) is 4.81. The van der Waals surface area contributed by atoms with E-state index in [0.717, 1.165) is 5.56 Å². The monoisotopic (exact) mass is 460 g/mol. The van der Waals surface area contributed by atoms with Crippen LogP contribution in [0.1, 0.15) is 16.4 Å². The summed E-state index contributed by atoms with van der Waals surface area (Å²) in [6.07, 6.45) is 3.30. The highest BCUT2D eigenvalue weighted by atomic mass is 32.2. The summed E-state index contributed by atoms with van der Waals surface area (Å²) >= 11 is 0. The first-order valence-corrected chi connectivity index (χ1v) is 12.8. The smallest absolute Gasteiger partial charge is 0.211 e. The van der Waals surface area contributed by atoms with E-state index in [1.54, 1.807) is 24.3 Å². The Hall–Kier alpha value is -2.75. The van der Waals surface area contributed by atoms with Crippen molar-refractivity contribution in [1.82, 2.24) is 9.71 Å². The lowest BCUT2D eigenvalue weighted by atomic mass is 10.2. The second kappa shape index (κ2) is 10.0. The molecule has 31 heavy (non-hydrogen) atoms. The SMILES string of the molecule is COc1ccc(S(=O)(=O)[C@H](CNS(=O)(=O)CCc2ccccc2)c2cccnc2)cc1. The lowest BCUT2D eigenvalue weighted by molar-refractivity contribution is 0.414. The predicted molar refractivity (Wildman–Crippen MR) is 119 cm³/mol. The molecule has 0 saturated heterocycles. The van der Waals surface area contributed by atoms with E-state index in [9.17, 15) is 16.8 Å². The van der Waals surface area contributed by atoms with E-state index in [2.05, 4.69) is 9.71 Å². The number of hydrogen-bond acceptors (Lipinski definition) is 6. The normalized spacial score (nSPS) is 12.9. The van der Waals surface area contributed by atoms with Crippen LogP contribution in [0.15, 0.2) is 84.0 Å². The summed E-state index contributed by atoms with van der Waals surface area (Å²) in [6.45, 7) is -0.294. The molecule has 2 aromatic carbocycles. The van der Waals surface area contributed by atoms with Gasteiger partial charge in [0.25, 0.3) is 0 Å². The van der Waals surface area contributed by atoms with Gasteiger partial charge in [0.2, 0.25) is 10.0 Å². The van der Waals surface area contributed by atoms with Gasteiger partial charge in [0.15, 0.2) is 9.84 Å². The van der Waals surface area contributed by atoms with Gasteiger partial charge < -0.3 is 4.74 Å². The molecule has 1 N–H and O–H groups in total. The number of sulfone groups is 1. The van der Waals surface area contributed by atoms with Crippen LogP contribution in [0.2, 0.25) is 0 Å². The third-order valence-corrected chi connectivity index (χ3v) is 8.27. The molecular formula is C22H24N2O5S2. The number of rotatable bonds is 10. The van der Waals surface area contributed by atoms with E-state index < -0.39 is 25.1 Å². The van der Waals surface area contributed by atoms with Crippen LogP contribution in [-0.4, -0.2) is 41.2 Å². The zero-order valence-electron chi connectivity index (χ0n) is 17.0. The second-order valence-electron chi connectivity index (χ2n) is 6.90. The summed E-state index contributed by atoms with van der Waals surface area (Å²) in [6, 6.07) is 18.5. The third kappa shape index (κ3) is 6.13. The first-order valence-electron chi connectivity index (χ1n) is 9.61. The van der Waals surface area contributed by atoms with Crippen molar-refractivity contribution in [2.24, 2.45) is 0 Å². The summed E-state index contributed by atoms with van der Waals surface area (Å²) in [4.78, 5) is 4.07. The van der Waals surface area contributed by atoms with Crippen molar-refractivity contribution in [1.29, 1.82) is 0 Å². The second-order valence-corrected chi connectivity index (χ2v) is 11.0. The summed E-state index contributed by atoms with van der Waals surface area (Å²) < 4.78 is 59.3. The van der Waals surface area contributed by atoms with E-state index in [0.29, 0.717) is 17.7 Å². The van der Waals surface area contributed by atoms with Crippen LogP contribution in [0.25, 0.3) is 0 Å². The number of pyridine rings is 1. The van der Waals surface area contributed by atoms with Gasteiger partial charge in [0.05, 0.1) is 17.8 Å². The summed E-state index contributed by atoms with van der Waals surface area (Å²) in [5.74, 6) is 0.387. The Balaban J connectivity index is 1.81. The van der Waals surface area contributed by atoms with Crippen molar-refractivity contribution in [3.8, 4) is 5.75 Å². The van der Waals surface area contributed by atoms with Gasteiger partial charge in [-0.15, -0.1) is 0 Å². The lowest BCUT2D eigenvalue weighted by Gasteiger charge is -2.19. The fourth-order valence-electron chi connectivity index (χ4n) is 3.07. The molecule has 0 bridgehead atoms. The van der Waals surface area contributed by atoms with Crippen molar-refractivity contribution < 1.29 is 21.6 Å². The summed E-state index contributed by atoms with van der Waals surface area (Å²) in [5.41, 5.74) is 1.30. The van der Waals surface area contributed by atoms with Gasteiger partial charge >= 0.3 is 0 Å². The van der Waals surface area contributed by atoms with Gasteiger partial charge in [-0.05, 0) is 47.9 Å². The molecule has 1 heterocycles. The molecule has 1 atom stereocenters. The highest BCUT2D eigenvalue weighted by Crippen LogP contribution is 2.29. The molecule has 3 aromatic rings. The molecule has 164 valence electrons. The Labute approximate surface area is 183 Å². The van der Waals surface area contributed by atoms with Crippen molar-refractivity contribution >= 4 is 19.9 Å². The molecule has 0 amide bonds. The van der Waals surface area contributed by atoms with Crippen LogP contribution in [0.4, 0.5) is 0 Å². The highest BCUT2D eigenvalue weighted by molar-refractivity contribution is 7.92. The molecule has 0 aliphatic carbocycles. The molecule has 0 unspecified atom stereocenters. The number of hydrogen-bond donors (Lipinski definition) is 1. The van der Waals surface area contributed by atoms with Gasteiger partial charge in [0, 0.05) is 18.9 Å². The average molecular weight is 461 g/mol. The van der Waals surface area contributed by atoms with E-state index >= 15 is 0 Å². The Bertz CT molecular complexity index is 1180. The van der Waals surface area contributed by atoms with E-state index in [4.69, 9.17) is 4.74 Å². The fourth-order valence-corrected chi connectivity index (χ4v) is 5.89. The number of ether oxygens (including phenoxy) is 1. The number of nitrogens with one attached hydrogen (secondary N) is 1. The van der Waals surface area contributed by atoms with Gasteiger partial charge in [0.1, 0.15) is 11.0 Å². The van der Waals surface area contributed by atoms with Crippen molar-refractivity contribution in [3.05, 3.63) is 90.3 Å². The maximum Gasteiger partial charge on any atom is 0.211 e. The molecule has 0 radical (unpaired) electrons. The Morgan fingerprint density at radius 1 is 0.935 bits per heavy atom. The van der Waals surface area contributed by atoms with E-state index in [1.165, 1.54) is 31.6 Å². The number of benzene rings is 2. The number of aryl methyl sites for hydroxylation is 1. The van der Waals surface area contributed by atoms with Gasteiger partial charge in [-0.2, -0.15) is 0 Å². The van der Waals surface area contributed by atoms with Crippen molar-refractivity contribution in [3.63, 3.8) is 0 Å². The standard InChI is InChI=1S/C22H24N2O5S2/c1-29-20-9-11-21(12-10-20)31(27,28)22(19-8-5-14-23-16-19)17-24-30(25,26)15-13-18-6-3-2-4-7-18/h2-12,14,16,22,24H,13,15,17H2,1H3/t22-/m1/s1. The molecular weight excluding hydrogens is 436 g/mol. The van der Waals surface area contributed by atoms with Crippen LogP contribution >= 0.6 is 0 Å². The average Bonchev–Trinajstić information content (AvgIpc) is 2.79. The number of methoxy groups -OCH3 is 1. The minimum absolute atomic E-state index is 0.0747. The van der Waals surface area contributed by atoms with Crippen LogP contribution in [0.3, 0.4) is 0 Å². The molecule has 0 spiro atoms. The van der Waals surface area contributed by atoms with Crippen LogP contribution < -0.4 is 9.46 Å². The Morgan fingerprint density at radius 2 is 1.65 bits per heavy atom. The maximum atomic E-state index is 13.3. The van der Waals surface area contributed by atoms with Crippen LogP contribution in [-0.2, 0) is 26.3 Å². The Morgan fingerprint density at radius 3 is 2.26 bits per heavy atom. The first-order chi connectivity index (χ1) is 14.8. The highest BCUT2D eigenvalue weighted by Gasteiger charge is 2.30. The predicted octanol–water partition coefficient (Wildman–Crippen LogP) is 2.77. The molecule has 3 rings (SSSR count). The molecule has 0 fully saturated rings.